The second-order valence-electron chi connectivity index (χ2n) is 4.36. The van der Waals surface area contributed by atoms with E-state index < -0.39 is 0 Å². The van der Waals surface area contributed by atoms with Gasteiger partial charge in [0.15, 0.2) is 0 Å². The van der Waals surface area contributed by atoms with Gasteiger partial charge in [-0.25, -0.2) is 4.98 Å². The summed E-state index contributed by atoms with van der Waals surface area (Å²) in [5.41, 5.74) is 0.133. The lowest BCUT2D eigenvalue weighted by atomic mass is 9.91. The van der Waals surface area contributed by atoms with E-state index in [-0.39, 0.29) is 5.41 Å². The van der Waals surface area contributed by atoms with Crippen LogP contribution in [0, 0.1) is 6.92 Å². The molecule has 0 amide bonds. The number of hydrogen-bond donors (Lipinski definition) is 1. The van der Waals surface area contributed by atoms with Crippen molar-refractivity contribution in [2.45, 2.75) is 26.2 Å². The van der Waals surface area contributed by atoms with Crippen molar-refractivity contribution in [1.29, 1.82) is 0 Å². The molecule has 86 valence electrons. The van der Waals surface area contributed by atoms with Gasteiger partial charge in [-0.2, -0.15) is 4.37 Å². The predicted octanol–water partition coefficient (Wildman–Crippen LogP) is 3.30. The second kappa shape index (κ2) is 4.51. The highest BCUT2D eigenvalue weighted by Gasteiger charge is 2.21. The van der Waals surface area contributed by atoms with E-state index in [1.807, 2.05) is 6.92 Å². The van der Waals surface area contributed by atoms with Gasteiger partial charge in [0, 0.05) is 28.4 Å². The number of hydrogen-bond acceptors (Lipinski definition) is 5. The van der Waals surface area contributed by atoms with Gasteiger partial charge in [0.25, 0.3) is 0 Å². The zero-order chi connectivity index (χ0) is 11.6. The van der Waals surface area contributed by atoms with Crippen LogP contribution >= 0.6 is 22.9 Å². The number of aryl methyl sites for hydroxylation is 1. The fraction of sp³-hybridized carbons (Fsp3) is 0.455. The Morgan fingerprint density at radius 2 is 2.25 bits per heavy atom. The average Bonchev–Trinajstić information content (AvgIpc) is 2.85. The molecule has 0 saturated heterocycles. The fourth-order valence-corrected chi connectivity index (χ4v) is 2.84. The third kappa shape index (κ3) is 2.59. The van der Waals surface area contributed by atoms with E-state index in [2.05, 4.69) is 46.0 Å². The van der Waals surface area contributed by atoms with Crippen LogP contribution < -0.4 is 5.32 Å². The minimum Gasteiger partial charge on any atom is -0.359 e. The largest absolute Gasteiger partial charge is 0.359 e. The van der Waals surface area contributed by atoms with E-state index >= 15 is 0 Å². The summed E-state index contributed by atoms with van der Waals surface area (Å²) in [4.78, 5) is 5.68. The zero-order valence-corrected chi connectivity index (χ0v) is 11.3. The standard InChI is InChI=1S/C11H15N3S2/c1-8-13-10(16-14-8)12-7-11(2,3)9-5-4-6-15-9/h4-6H,7H2,1-3H3,(H,12,13,14). The lowest BCUT2D eigenvalue weighted by Crippen LogP contribution is -2.26. The molecule has 0 aromatic carbocycles. The Kier molecular flexibility index (Phi) is 3.25. The molecule has 2 heterocycles. The molecule has 2 rings (SSSR count). The van der Waals surface area contributed by atoms with Crippen molar-refractivity contribution >= 4 is 28.0 Å². The van der Waals surface area contributed by atoms with Crippen LogP contribution in [0.5, 0.6) is 0 Å². The third-order valence-corrected chi connectivity index (χ3v) is 4.40. The van der Waals surface area contributed by atoms with E-state index in [0.717, 1.165) is 17.5 Å². The monoisotopic (exact) mass is 253 g/mol. The minimum atomic E-state index is 0.133. The maximum absolute atomic E-state index is 4.29. The molecule has 3 nitrogen and oxygen atoms in total. The molecule has 0 aliphatic rings. The van der Waals surface area contributed by atoms with Crippen LogP contribution in [0.1, 0.15) is 24.5 Å². The van der Waals surface area contributed by atoms with Crippen molar-refractivity contribution in [3.05, 3.63) is 28.2 Å². The number of nitrogens with zero attached hydrogens (tertiary/aromatic N) is 2. The smallest absolute Gasteiger partial charge is 0.202 e. The molecule has 0 aliphatic carbocycles. The topological polar surface area (TPSA) is 37.8 Å². The average molecular weight is 253 g/mol. The Morgan fingerprint density at radius 1 is 1.44 bits per heavy atom. The predicted molar refractivity (Wildman–Crippen MR) is 70.5 cm³/mol. The van der Waals surface area contributed by atoms with Gasteiger partial charge >= 0.3 is 0 Å². The molecule has 0 saturated carbocycles. The zero-order valence-electron chi connectivity index (χ0n) is 9.65. The Morgan fingerprint density at radius 3 is 2.81 bits per heavy atom. The first-order valence-electron chi connectivity index (χ1n) is 5.16. The molecule has 16 heavy (non-hydrogen) atoms. The molecule has 0 bridgehead atoms. The van der Waals surface area contributed by atoms with E-state index in [4.69, 9.17) is 0 Å². The maximum atomic E-state index is 4.29. The summed E-state index contributed by atoms with van der Waals surface area (Å²) in [6.45, 7) is 7.26. The van der Waals surface area contributed by atoms with Crippen molar-refractivity contribution in [2.75, 3.05) is 11.9 Å². The molecular weight excluding hydrogens is 238 g/mol. The van der Waals surface area contributed by atoms with E-state index in [0.29, 0.717) is 0 Å². The van der Waals surface area contributed by atoms with E-state index in [1.165, 1.54) is 16.4 Å². The van der Waals surface area contributed by atoms with Gasteiger partial charge in [0.2, 0.25) is 5.13 Å². The van der Waals surface area contributed by atoms with Gasteiger partial charge in [0.05, 0.1) is 0 Å². The van der Waals surface area contributed by atoms with Crippen molar-refractivity contribution in [3.8, 4) is 0 Å². The number of rotatable bonds is 4. The van der Waals surface area contributed by atoms with Gasteiger partial charge in [-0.1, -0.05) is 19.9 Å². The fourth-order valence-electron chi connectivity index (χ4n) is 1.42. The van der Waals surface area contributed by atoms with Crippen LogP contribution in [0.15, 0.2) is 17.5 Å². The molecule has 0 fully saturated rings. The van der Waals surface area contributed by atoms with E-state index in [9.17, 15) is 0 Å². The molecular formula is C11H15N3S2. The lowest BCUT2D eigenvalue weighted by Gasteiger charge is -2.23. The van der Waals surface area contributed by atoms with Crippen LogP contribution in [0.25, 0.3) is 0 Å². The van der Waals surface area contributed by atoms with Gasteiger partial charge in [-0.05, 0) is 18.4 Å². The van der Waals surface area contributed by atoms with Crippen molar-refractivity contribution < 1.29 is 0 Å². The number of thiophene rings is 1. The summed E-state index contributed by atoms with van der Waals surface area (Å²) in [5.74, 6) is 0.835. The Hall–Kier alpha value is -0.940. The number of nitrogens with one attached hydrogen (secondary N) is 1. The summed E-state index contributed by atoms with van der Waals surface area (Å²) in [6.07, 6.45) is 0. The summed E-state index contributed by atoms with van der Waals surface area (Å²) in [7, 11) is 0. The SMILES string of the molecule is Cc1nsc(NCC(C)(C)c2cccs2)n1. The maximum Gasteiger partial charge on any atom is 0.202 e. The molecule has 2 aromatic rings. The first kappa shape index (κ1) is 11.5. The Bertz CT molecular complexity index is 446. The van der Waals surface area contributed by atoms with Gasteiger partial charge < -0.3 is 5.32 Å². The Labute approximate surface area is 104 Å². The molecule has 0 radical (unpaired) electrons. The Balaban J connectivity index is 2.00. The molecule has 1 N–H and O–H groups in total. The first-order chi connectivity index (χ1) is 7.58. The molecule has 5 heteroatoms. The van der Waals surface area contributed by atoms with Crippen LogP contribution in [-0.2, 0) is 5.41 Å². The summed E-state index contributed by atoms with van der Waals surface area (Å²) < 4.78 is 4.15. The number of aromatic nitrogens is 2. The molecule has 0 atom stereocenters. The van der Waals surface area contributed by atoms with Crippen molar-refractivity contribution in [1.82, 2.24) is 9.36 Å². The first-order valence-corrected chi connectivity index (χ1v) is 6.81. The molecule has 0 spiro atoms. The quantitative estimate of drug-likeness (QED) is 0.908. The normalized spacial score (nSPS) is 11.7. The van der Waals surface area contributed by atoms with Gasteiger partial charge in [-0.15, -0.1) is 11.3 Å². The van der Waals surface area contributed by atoms with Crippen LogP contribution in [0.2, 0.25) is 0 Å². The second-order valence-corrected chi connectivity index (χ2v) is 6.06. The van der Waals surface area contributed by atoms with E-state index in [1.54, 1.807) is 11.3 Å². The highest BCUT2D eigenvalue weighted by molar-refractivity contribution is 7.10. The molecule has 2 aromatic heterocycles. The van der Waals surface area contributed by atoms with Crippen LogP contribution in [-0.4, -0.2) is 15.9 Å². The van der Waals surface area contributed by atoms with Gasteiger partial charge in [-0.3, -0.25) is 0 Å². The number of anilines is 1. The summed E-state index contributed by atoms with van der Waals surface area (Å²) in [5, 5.41) is 6.37. The molecule has 0 unspecified atom stereocenters. The van der Waals surface area contributed by atoms with Crippen LogP contribution in [0.3, 0.4) is 0 Å². The third-order valence-electron chi connectivity index (χ3n) is 2.40. The van der Waals surface area contributed by atoms with Crippen molar-refractivity contribution in [3.63, 3.8) is 0 Å². The van der Waals surface area contributed by atoms with Crippen molar-refractivity contribution in [2.24, 2.45) is 0 Å². The minimum absolute atomic E-state index is 0.133. The molecule has 0 aliphatic heterocycles. The van der Waals surface area contributed by atoms with Crippen LogP contribution in [0.4, 0.5) is 5.13 Å². The summed E-state index contributed by atoms with van der Waals surface area (Å²) >= 11 is 3.22. The summed E-state index contributed by atoms with van der Waals surface area (Å²) in [6, 6.07) is 4.27. The van der Waals surface area contributed by atoms with Gasteiger partial charge in [0.1, 0.15) is 5.82 Å². The highest BCUT2D eigenvalue weighted by Crippen LogP contribution is 2.27. The highest BCUT2D eigenvalue weighted by atomic mass is 32.1. The lowest BCUT2D eigenvalue weighted by molar-refractivity contribution is 0.569.